The Hall–Kier alpha value is -1.13. The van der Waals surface area contributed by atoms with Crippen LogP contribution in [0.1, 0.15) is 31.5 Å². The van der Waals surface area contributed by atoms with Gasteiger partial charge in [-0.25, -0.2) is 4.98 Å². The highest BCUT2D eigenvalue weighted by Gasteiger charge is 2.08. The van der Waals surface area contributed by atoms with Crippen LogP contribution in [0.5, 0.6) is 0 Å². The van der Waals surface area contributed by atoms with Crippen molar-refractivity contribution in [3.8, 4) is 0 Å². The zero-order chi connectivity index (χ0) is 12.7. The number of anilines is 1. The Kier molecular flexibility index (Phi) is 5.94. The van der Waals surface area contributed by atoms with Gasteiger partial charge in [-0.3, -0.25) is 0 Å². The first kappa shape index (κ1) is 13.9. The molecule has 4 heteroatoms. The molecule has 0 saturated carbocycles. The van der Waals surface area contributed by atoms with Crippen molar-refractivity contribution in [2.45, 2.75) is 33.3 Å². The van der Waals surface area contributed by atoms with E-state index in [1.54, 1.807) is 0 Å². The highest BCUT2D eigenvalue weighted by molar-refractivity contribution is 5.42. The zero-order valence-corrected chi connectivity index (χ0v) is 10.7. The summed E-state index contributed by atoms with van der Waals surface area (Å²) in [4.78, 5) is 6.68. The van der Waals surface area contributed by atoms with Gasteiger partial charge in [-0.15, -0.1) is 0 Å². The van der Waals surface area contributed by atoms with Gasteiger partial charge in [0.2, 0.25) is 0 Å². The summed E-state index contributed by atoms with van der Waals surface area (Å²) < 4.78 is 0. The lowest BCUT2D eigenvalue weighted by Gasteiger charge is -2.22. The molecule has 1 aromatic heterocycles. The molecule has 0 atom stereocenters. The van der Waals surface area contributed by atoms with E-state index in [2.05, 4.69) is 23.7 Å². The van der Waals surface area contributed by atoms with Crippen molar-refractivity contribution in [1.29, 1.82) is 0 Å². The van der Waals surface area contributed by atoms with E-state index in [9.17, 15) is 5.11 Å². The van der Waals surface area contributed by atoms with Crippen molar-refractivity contribution < 1.29 is 10.2 Å². The number of aliphatic hydroxyl groups is 2. The fourth-order valence-electron chi connectivity index (χ4n) is 1.76. The Morgan fingerprint density at radius 3 is 2.53 bits per heavy atom. The molecule has 96 valence electrons. The smallest absolute Gasteiger partial charge is 0.129 e. The summed E-state index contributed by atoms with van der Waals surface area (Å²) in [6.07, 6.45) is 1.60. The summed E-state index contributed by atoms with van der Waals surface area (Å²) in [6.45, 7) is 5.99. The van der Waals surface area contributed by atoms with E-state index < -0.39 is 0 Å². The molecule has 0 aliphatic rings. The fraction of sp³-hybridized carbons (Fsp3) is 0.615. The van der Waals surface area contributed by atoms with Crippen molar-refractivity contribution in [2.75, 3.05) is 24.6 Å². The Morgan fingerprint density at radius 2 is 2.00 bits per heavy atom. The molecule has 0 aromatic carbocycles. The lowest BCUT2D eigenvalue weighted by molar-refractivity contribution is 0.281. The summed E-state index contributed by atoms with van der Waals surface area (Å²) in [5.74, 6) is 0.893. The van der Waals surface area contributed by atoms with E-state index in [1.807, 2.05) is 12.1 Å². The number of pyridine rings is 1. The van der Waals surface area contributed by atoms with Crippen LogP contribution in [-0.4, -0.2) is 34.9 Å². The molecule has 0 unspecified atom stereocenters. The molecule has 1 rings (SSSR count). The second-order valence-corrected chi connectivity index (χ2v) is 3.99. The third-order valence-corrected chi connectivity index (χ3v) is 2.76. The fourth-order valence-corrected chi connectivity index (χ4v) is 1.76. The van der Waals surface area contributed by atoms with Gasteiger partial charge in [0.05, 0.1) is 6.61 Å². The van der Waals surface area contributed by atoms with E-state index in [-0.39, 0.29) is 13.2 Å². The quantitative estimate of drug-likeness (QED) is 0.753. The van der Waals surface area contributed by atoms with Gasteiger partial charge >= 0.3 is 0 Å². The van der Waals surface area contributed by atoms with Crippen LogP contribution in [0.2, 0.25) is 0 Å². The van der Waals surface area contributed by atoms with Crippen molar-refractivity contribution >= 4 is 5.82 Å². The second kappa shape index (κ2) is 7.25. The molecule has 0 amide bonds. The molecule has 2 N–H and O–H groups in total. The molecular weight excluding hydrogens is 216 g/mol. The first-order valence-corrected chi connectivity index (χ1v) is 6.21. The Balaban J connectivity index is 2.92. The minimum Gasteiger partial charge on any atom is -0.396 e. The standard InChI is InChI=1S/C13H22N2O2/c1-3-12-8-11(10-17)9-13(14-12)15(4-2)6-5-7-16/h8-9,16-17H,3-7,10H2,1-2H3. The summed E-state index contributed by atoms with van der Waals surface area (Å²) in [5.41, 5.74) is 1.89. The van der Waals surface area contributed by atoms with Crippen LogP contribution in [0.15, 0.2) is 12.1 Å². The molecule has 1 heterocycles. The summed E-state index contributed by atoms with van der Waals surface area (Å²) >= 11 is 0. The molecule has 0 aliphatic carbocycles. The molecule has 0 fully saturated rings. The lowest BCUT2D eigenvalue weighted by atomic mass is 10.2. The van der Waals surface area contributed by atoms with E-state index in [0.717, 1.165) is 43.0 Å². The Bertz CT molecular complexity index is 320. The number of aromatic nitrogens is 1. The Morgan fingerprint density at radius 1 is 1.24 bits per heavy atom. The molecule has 0 spiro atoms. The van der Waals surface area contributed by atoms with Crippen LogP contribution >= 0.6 is 0 Å². The normalized spacial score (nSPS) is 10.6. The zero-order valence-electron chi connectivity index (χ0n) is 10.7. The minimum absolute atomic E-state index is 0.0417. The molecule has 0 saturated heterocycles. The van der Waals surface area contributed by atoms with Gasteiger partial charge < -0.3 is 15.1 Å². The monoisotopic (exact) mass is 238 g/mol. The Labute approximate surface area is 103 Å². The molecular formula is C13H22N2O2. The van der Waals surface area contributed by atoms with Crippen LogP contribution in [0, 0.1) is 0 Å². The SMILES string of the molecule is CCc1cc(CO)cc(N(CC)CCCO)n1. The van der Waals surface area contributed by atoms with E-state index in [0.29, 0.717) is 0 Å². The van der Waals surface area contributed by atoms with Crippen molar-refractivity contribution in [3.63, 3.8) is 0 Å². The number of aliphatic hydroxyl groups excluding tert-OH is 2. The maximum atomic E-state index is 9.23. The van der Waals surface area contributed by atoms with Crippen LogP contribution in [0.4, 0.5) is 5.82 Å². The first-order chi connectivity index (χ1) is 8.24. The number of hydrogen-bond donors (Lipinski definition) is 2. The average molecular weight is 238 g/mol. The van der Waals surface area contributed by atoms with Crippen LogP contribution < -0.4 is 4.90 Å². The molecule has 0 aliphatic heterocycles. The van der Waals surface area contributed by atoms with Crippen molar-refractivity contribution in [2.24, 2.45) is 0 Å². The maximum Gasteiger partial charge on any atom is 0.129 e. The predicted octanol–water partition coefficient (Wildman–Crippen LogP) is 1.34. The molecule has 4 nitrogen and oxygen atoms in total. The van der Waals surface area contributed by atoms with Crippen LogP contribution in [-0.2, 0) is 13.0 Å². The molecule has 17 heavy (non-hydrogen) atoms. The number of hydrogen-bond acceptors (Lipinski definition) is 4. The third-order valence-electron chi connectivity index (χ3n) is 2.76. The second-order valence-electron chi connectivity index (χ2n) is 3.99. The van der Waals surface area contributed by atoms with Gasteiger partial charge in [0.15, 0.2) is 0 Å². The average Bonchev–Trinajstić information content (AvgIpc) is 2.39. The van der Waals surface area contributed by atoms with E-state index >= 15 is 0 Å². The first-order valence-electron chi connectivity index (χ1n) is 6.21. The largest absolute Gasteiger partial charge is 0.396 e. The molecule has 0 bridgehead atoms. The third kappa shape index (κ3) is 3.98. The summed E-state index contributed by atoms with van der Waals surface area (Å²) in [6, 6.07) is 3.85. The van der Waals surface area contributed by atoms with Gasteiger partial charge in [0.1, 0.15) is 5.82 Å². The lowest BCUT2D eigenvalue weighted by Crippen LogP contribution is -2.26. The minimum atomic E-state index is 0.0417. The van der Waals surface area contributed by atoms with E-state index in [4.69, 9.17) is 5.11 Å². The van der Waals surface area contributed by atoms with Gasteiger partial charge in [0.25, 0.3) is 0 Å². The highest BCUT2D eigenvalue weighted by Crippen LogP contribution is 2.16. The number of rotatable bonds is 7. The van der Waals surface area contributed by atoms with Gasteiger partial charge in [0, 0.05) is 25.4 Å². The molecule has 0 radical (unpaired) electrons. The summed E-state index contributed by atoms with van der Waals surface area (Å²) in [5, 5.41) is 18.1. The van der Waals surface area contributed by atoms with Crippen LogP contribution in [0.25, 0.3) is 0 Å². The number of aryl methyl sites for hydroxylation is 1. The van der Waals surface area contributed by atoms with E-state index in [1.165, 1.54) is 0 Å². The van der Waals surface area contributed by atoms with Gasteiger partial charge in [-0.2, -0.15) is 0 Å². The van der Waals surface area contributed by atoms with Gasteiger partial charge in [-0.1, -0.05) is 6.92 Å². The highest BCUT2D eigenvalue weighted by atomic mass is 16.3. The summed E-state index contributed by atoms with van der Waals surface area (Å²) in [7, 11) is 0. The van der Waals surface area contributed by atoms with Gasteiger partial charge in [-0.05, 0) is 37.5 Å². The van der Waals surface area contributed by atoms with Crippen molar-refractivity contribution in [1.82, 2.24) is 4.98 Å². The molecule has 1 aromatic rings. The maximum absolute atomic E-state index is 9.23. The number of nitrogens with zero attached hydrogens (tertiary/aromatic N) is 2. The topological polar surface area (TPSA) is 56.6 Å². The predicted molar refractivity (Wildman–Crippen MR) is 69.1 cm³/mol. The van der Waals surface area contributed by atoms with Crippen LogP contribution in [0.3, 0.4) is 0 Å². The van der Waals surface area contributed by atoms with Crippen molar-refractivity contribution in [3.05, 3.63) is 23.4 Å².